The molecule has 1 aliphatic carbocycles. The minimum Gasteiger partial charge on any atom is -0.362 e. The van der Waals surface area contributed by atoms with Gasteiger partial charge in [-0.2, -0.15) is 4.98 Å². The first-order valence-electron chi connectivity index (χ1n) is 11.4. The van der Waals surface area contributed by atoms with Crippen molar-refractivity contribution in [2.24, 2.45) is 0 Å². The van der Waals surface area contributed by atoms with Gasteiger partial charge >= 0.3 is 0 Å². The fraction of sp³-hybridized carbons (Fsp3) is 0.480. The predicted molar refractivity (Wildman–Crippen MR) is 129 cm³/mol. The number of fused-ring (bicyclic) bond motifs is 1. The van der Waals surface area contributed by atoms with Crippen LogP contribution in [0.1, 0.15) is 43.5 Å². The lowest BCUT2D eigenvalue weighted by atomic mass is 9.91. The highest BCUT2D eigenvalue weighted by molar-refractivity contribution is 5.90. The van der Waals surface area contributed by atoms with E-state index in [9.17, 15) is 0 Å². The van der Waals surface area contributed by atoms with Crippen LogP contribution in [0, 0.1) is 6.92 Å². The lowest BCUT2D eigenvalue weighted by molar-refractivity contribution is 0.352. The lowest BCUT2D eigenvalue weighted by Crippen LogP contribution is -2.37. The lowest BCUT2D eigenvalue weighted by Gasteiger charge is -2.30. The van der Waals surface area contributed by atoms with Crippen molar-refractivity contribution >= 4 is 22.7 Å². The summed E-state index contributed by atoms with van der Waals surface area (Å²) in [6, 6.07) is 15.5. The standard InChI is InChI=1S/C25H34N6/c1-18-8-6-9-20(27-18)10-7-17-26-19-13-15-21(16-14-19)28-25-29-23-12-5-4-11-22(23)24(30-25)31(2)3/h4-6,8-9,11-12,19,21,26H,7,10,13-17H2,1-3H3,(H,28,29,30). The molecule has 6 heteroatoms. The van der Waals surface area contributed by atoms with Gasteiger partial charge in [-0.15, -0.1) is 0 Å². The molecular weight excluding hydrogens is 384 g/mol. The van der Waals surface area contributed by atoms with E-state index >= 15 is 0 Å². The van der Waals surface area contributed by atoms with E-state index in [2.05, 4.69) is 57.8 Å². The summed E-state index contributed by atoms with van der Waals surface area (Å²) in [5, 5.41) is 8.43. The molecule has 0 spiro atoms. The molecule has 1 fully saturated rings. The number of hydrogen-bond donors (Lipinski definition) is 2. The van der Waals surface area contributed by atoms with E-state index in [4.69, 9.17) is 9.97 Å². The second-order valence-corrected chi connectivity index (χ2v) is 8.80. The summed E-state index contributed by atoms with van der Waals surface area (Å²) < 4.78 is 0. The number of pyridine rings is 1. The van der Waals surface area contributed by atoms with Crippen molar-refractivity contribution in [1.29, 1.82) is 0 Å². The van der Waals surface area contributed by atoms with Gasteiger partial charge in [0.1, 0.15) is 5.82 Å². The molecule has 1 aliphatic rings. The van der Waals surface area contributed by atoms with Crippen LogP contribution in [0.5, 0.6) is 0 Å². The van der Waals surface area contributed by atoms with Crippen LogP contribution in [0.4, 0.5) is 11.8 Å². The maximum absolute atomic E-state index is 4.79. The van der Waals surface area contributed by atoms with Crippen LogP contribution in [0.25, 0.3) is 10.9 Å². The van der Waals surface area contributed by atoms with Gasteiger partial charge in [0.25, 0.3) is 0 Å². The van der Waals surface area contributed by atoms with Crippen LogP contribution in [-0.2, 0) is 6.42 Å². The van der Waals surface area contributed by atoms with Gasteiger partial charge in [-0.05, 0) is 76.3 Å². The Morgan fingerprint density at radius 2 is 1.68 bits per heavy atom. The van der Waals surface area contributed by atoms with Crippen LogP contribution in [0.15, 0.2) is 42.5 Å². The molecule has 31 heavy (non-hydrogen) atoms. The summed E-state index contributed by atoms with van der Waals surface area (Å²) in [5.41, 5.74) is 3.29. The molecule has 2 N–H and O–H groups in total. The van der Waals surface area contributed by atoms with E-state index in [1.807, 2.05) is 26.2 Å². The average Bonchev–Trinajstić information content (AvgIpc) is 2.77. The Morgan fingerprint density at radius 1 is 0.903 bits per heavy atom. The van der Waals surface area contributed by atoms with Crippen LogP contribution >= 0.6 is 0 Å². The number of rotatable bonds is 8. The Bertz CT molecular complexity index is 994. The van der Waals surface area contributed by atoms with Crippen LogP contribution in [0.3, 0.4) is 0 Å². The fourth-order valence-corrected chi connectivity index (χ4v) is 4.40. The Hall–Kier alpha value is -2.73. The van der Waals surface area contributed by atoms with Crippen molar-refractivity contribution in [3.63, 3.8) is 0 Å². The average molecular weight is 419 g/mol. The van der Waals surface area contributed by atoms with Crippen molar-refractivity contribution in [3.05, 3.63) is 53.9 Å². The number of benzene rings is 1. The van der Waals surface area contributed by atoms with Gasteiger partial charge in [0, 0.05) is 43.0 Å². The highest BCUT2D eigenvalue weighted by atomic mass is 15.2. The third kappa shape index (κ3) is 5.70. The summed E-state index contributed by atoms with van der Waals surface area (Å²) in [4.78, 5) is 16.2. The number of aryl methyl sites for hydroxylation is 2. The first-order chi connectivity index (χ1) is 15.1. The third-order valence-electron chi connectivity index (χ3n) is 6.06. The van der Waals surface area contributed by atoms with Crippen LogP contribution in [0.2, 0.25) is 0 Å². The molecule has 0 amide bonds. The van der Waals surface area contributed by atoms with Gasteiger partial charge in [-0.3, -0.25) is 4.98 Å². The fourth-order valence-electron chi connectivity index (χ4n) is 4.40. The number of hydrogen-bond acceptors (Lipinski definition) is 6. The zero-order valence-electron chi connectivity index (χ0n) is 18.9. The summed E-state index contributed by atoms with van der Waals surface area (Å²) in [6.45, 7) is 3.11. The molecule has 164 valence electrons. The van der Waals surface area contributed by atoms with E-state index < -0.39 is 0 Å². The van der Waals surface area contributed by atoms with E-state index in [-0.39, 0.29) is 0 Å². The van der Waals surface area contributed by atoms with Gasteiger partial charge in [0.15, 0.2) is 0 Å². The maximum atomic E-state index is 4.79. The third-order valence-corrected chi connectivity index (χ3v) is 6.06. The Balaban J connectivity index is 1.25. The zero-order valence-corrected chi connectivity index (χ0v) is 18.9. The summed E-state index contributed by atoms with van der Waals surface area (Å²) >= 11 is 0. The number of anilines is 2. The maximum Gasteiger partial charge on any atom is 0.225 e. The van der Waals surface area contributed by atoms with Gasteiger partial charge in [0.05, 0.1) is 5.52 Å². The molecule has 0 bridgehead atoms. The van der Waals surface area contributed by atoms with E-state index in [1.54, 1.807) is 0 Å². The molecule has 3 aromatic rings. The molecule has 0 saturated heterocycles. The topological polar surface area (TPSA) is 66.0 Å². The monoisotopic (exact) mass is 418 g/mol. The summed E-state index contributed by atoms with van der Waals surface area (Å²) in [6.07, 6.45) is 6.84. The van der Waals surface area contributed by atoms with Gasteiger partial charge in [0.2, 0.25) is 5.95 Å². The number of para-hydroxylation sites is 1. The van der Waals surface area contributed by atoms with Crippen molar-refractivity contribution in [1.82, 2.24) is 20.3 Å². The molecule has 0 atom stereocenters. The van der Waals surface area contributed by atoms with Crippen molar-refractivity contribution in [2.45, 2.75) is 57.5 Å². The second-order valence-electron chi connectivity index (χ2n) is 8.80. The predicted octanol–water partition coefficient (Wildman–Crippen LogP) is 4.34. The molecule has 0 radical (unpaired) electrons. The molecule has 1 saturated carbocycles. The Labute approximate surface area is 185 Å². The second kappa shape index (κ2) is 10.1. The molecule has 2 aromatic heterocycles. The number of nitrogens with one attached hydrogen (secondary N) is 2. The van der Waals surface area contributed by atoms with Crippen LogP contribution in [-0.4, -0.2) is 47.7 Å². The minimum atomic E-state index is 0.436. The van der Waals surface area contributed by atoms with E-state index in [0.717, 1.165) is 60.6 Å². The van der Waals surface area contributed by atoms with Gasteiger partial charge in [-0.1, -0.05) is 18.2 Å². The quantitative estimate of drug-likeness (QED) is 0.531. The first-order valence-corrected chi connectivity index (χ1v) is 11.4. The molecule has 4 rings (SSSR count). The Kier molecular flexibility index (Phi) is 6.97. The number of aromatic nitrogens is 3. The summed E-state index contributed by atoms with van der Waals surface area (Å²) in [7, 11) is 4.06. The molecule has 0 aliphatic heterocycles. The van der Waals surface area contributed by atoms with Crippen LogP contribution < -0.4 is 15.5 Å². The zero-order chi connectivity index (χ0) is 21.6. The summed E-state index contributed by atoms with van der Waals surface area (Å²) in [5.74, 6) is 1.70. The van der Waals surface area contributed by atoms with Crippen molar-refractivity contribution < 1.29 is 0 Å². The minimum absolute atomic E-state index is 0.436. The van der Waals surface area contributed by atoms with Crippen molar-refractivity contribution in [2.75, 3.05) is 30.9 Å². The van der Waals surface area contributed by atoms with E-state index in [0.29, 0.717) is 12.1 Å². The molecule has 1 aromatic carbocycles. The Morgan fingerprint density at radius 3 is 2.45 bits per heavy atom. The number of nitrogens with zero attached hydrogens (tertiary/aromatic N) is 4. The molecule has 2 heterocycles. The largest absolute Gasteiger partial charge is 0.362 e. The van der Waals surface area contributed by atoms with E-state index in [1.165, 1.54) is 18.5 Å². The van der Waals surface area contributed by atoms with Crippen molar-refractivity contribution in [3.8, 4) is 0 Å². The highest BCUT2D eigenvalue weighted by Gasteiger charge is 2.22. The highest BCUT2D eigenvalue weighted by Crippen LogP contribution is 2.26. The molecular formula is C25H34N6. The SMILES string of the molecule is Cc1cccc(CCCNC2CCC(Nc3nc(N(C)C)c4ccccc4n3)CC2)n1. The first kappa shape index (κ1) is 21.5. The molecule has 0 unspecified atom stereocenters. The normalized spacial score (nSPS) is 18.8. The van der Waals surface area contributed by atoms with Gasteiger partial charge < -0.3 is 15.5 Å². The molecule has 6 nitrogen and oxygen atoms in total. The van der Waals surface area contributed by atoms with Gasteiger partial charge in [-0.25, -0.2) is 4.98 Å². The smallest absolute Gasteiger partial charge is 0.225 e.